The molecule has 5 rings (SSSR count). The summed E-state index contributed by atoms with van der Waals surface area (Å²) >= 11 is 6.45. The maximum absolute atomic E-state index is 13.1. The van der Waals surface area contributed by atoms with E-state index < -0.39 is 5.60 Å². The van der Waals surface area contributed by atoms with Crippen LogP contribution in [0.5, 0.6) is 5.88 Å². The number of rotatable bonds is 5. The Labute approximate surface area is 229 Å². The highest BCUT2D eigenvalue weighted by atomic mass is 35.5. The first kappa shape index (κ1) is 26.5. The molecule has 1 fully saturated rings. The van der Waals surface area contributed by atoms with Crippen LogP contribution in [0, 0.1) is 0 Å². The van der Waals surface area contributed by atoms with E-state index in [9.17, 15) is 4.79 Å². The van der Waals surface area contributed by atoms with Gasteiger partial charge in [0.15, 0.2) is 0 Å². The number of aromatic nitrogens is 4. The van der Waals surface area contributed by atoms with Crippen molar-refractivity contribution in [2.45, 2.75) is 89.9 Å². The fourth-order valence-corrected chi connectivity index (χ4v) is 5.76. The van der Waals surface area contributed by atoms with E-state index in [4.69, 9.17) is 26.2 Å². The number of hydrogen-bond donors (Lipinski definition) is 0. The number of nitrogens with zero attached hydrogens (tertiary/aromatic N) is 5. The van der Waals surface area contributed by atoms with Gasteiger partial charge in [-0.3, -0.25) is 4.57 Å². The predicted octanol–water partition coefficient (Wildman–Crippen LogP) is 6.15. The van der Waals surface area contributed by atoms with Gasteiger partial charge in [0.2, 0.25) is 5.88 Å². The van der Waals surface area contributed by atoms with Gasteiger partial charge in [0, 0.05) is 42.2 Å². The number of carbonyl (C=O) groups is 1. The molecule has 2 aromatic heterocycles. The largest absolute Gasteiger partial charge is 0.474 e. The van der Waals surface area contributed by atoms with Crippen LogP contribution in [-0.4, -0.2) is 55.0 Å². The van der Waals surface area contributed by atoms with Crippen LogP contribution in [0.15, 0.2) is 42.6 Å². The molecule has 1 aliphatic heterocycles. The lowest BCUT2D eigenvalue weighted by atomic mass is 9.86. The van der Waals surface area contributed by atoms with E-state index in [-0.39, 0.29) is 24.2 Å². The molecule has 0 unspecified atom stereocenters. The molecule has 0 spiro atoms. The van der Waals surface area contributed by atoms with E-state index in [1.165, 1.54) is 0 Å². The molecule has 0 bridgehead atoms. The Morgan fingerprint density at radius 1 is 1.11 bits per heavy atom. The third kappa shape index (κ3) is 5.80. The van der Waals surface area contributed by atoms with Gasteiger partial charge in [-0.25, -0.2) is 9.78 Å². The number of hydrogen-bond acceptors (Lipinski definition) is 6. The number of pyridine rings is 1. The lowest BCUT2D eigenvalue weighted by Crippen LogP contribution is -2.45. The van der Waals surface area contributed by atoms with Crippen LogP contribution in [0.4, 0.5) is 4.79 Å². The van der Waals surface area contributed by atoms with Gasteiger partial charge in [0.1, 0.15) is 23.4 Å². The summed E-state index contributed by atoms with van der Waals surface area (Å²) in [6, 6.07) is 11.6. The summed E-state index contributed by atoms with van der Waals surface area (Å²) in [5, 5.41) is 10.0. The molecule has 3 aromatic rings. The minimum Gasteiger partial charge on any atom is -0.474 e. The molecule has 1 aromatic carbocycles. The summed E-state index contributed by atoms with van der Waals surface area (Å²) in [6.07, 6.45) is 6.63. The van der Waals surface area contributed by atoms with Crippen molar-refractivity contribution >= 4 is 17.7 Å². The highest BCUT2D eigenvalue weighted by Gasteiger charge is 2.35. The Balaban J connectivity index is 1.41. The zero-order chi connectivity index (χ0) is 26.9. The third-order valence-electron chi connectivity index (χ3n) is 7.29. The lowest BCUT2D eigenvalue weighted by Gasteiger charge is -2.32. The van der Waals surface area contributed by atoms with E-state index in [0.717, 1.165) is 48.6 Å². The highest BCUT2D eigenvalue weighted by molar-refractivity contribution is 6.30. The average Bonchev–Trinajstić information content (AvgIpc) is 3.21. The Bertz CT molecular complexity index is 1260. The molecule has 0 N–H and O–H groups in total. The summed E-state index contributed by atoms with van der Waals surface area (Å²) in [4.78, 5) is 19.2. The topological polar surface area (TPSA) is 82.4 Å². The van der Waals surface area contributed by atoms with Gasteiger partial charge in [0.25, 0.3) is 0 Å². The second-order valence-electron chi connectivity index (χ2n) is 11.2. The minimum atomic E-state index is -0.567. The second kappa shape index (κ2) is 10.9. The standard InChI is InChI=1S/C29H36ClN5O3/c1-5-34(28(36)38-29(2,3)4)22-17-20-16-21(30)11-14-24(20)35-25(18-22)32-33-27(35)19-9-12-23(13-10-19)37-26-8-6-7-15-31-26/h6-8,11,14-16,19,22-23H,5,9-10,12-13,17-18H2,1-4H3/t19?,22-,23?/m1/s1. The Morgan fingerprint density at radius 2 is 1.89 bits per heavy atom. The van der Waals surface area contributed by atoms with Crippen LogP contribution in [0.1, 0.15) is 76.5 Å². The average molecular weight is 538 g/mol. The Kier molecular flexibility index (Phi) is 7.61. The molecule has 1 aliphatic carbocycles. The van der Waals surface area contributed by atoms with Crippen molar-refractivity contribution in [3.8, 4) is 11.6 Å². The maximum atomic E-state index is 13.1. The summed E-state index contributed by atoms with van der Waals surface area (Å²) in [5.41, 5.74) is 1.55. The fourth-order valence-electron chi connectivity index (χ4n) is 5.57. The predicted molar refractivity (Wildman–Crippen MR) is 146 cm³/mol. The first-order valence-corrected chi connectivity index (χ1v) is 13.9. The smallest absolute Gasteiger partial charge is 0.410 e. The molecule has 1 atom stereocenters. The quantitative estimate of drug-likeness (QED) is 0.388. The number of ether oxygens (including phenoxy) is 2. The van der Waals surface area contributed by atoms with Crippen molar-refractivity contribution in [1.29, 1.82) is 0 Å². The second-order valence-corrected chi connectivity index (χ2v) is 11.6. The van der Waals surface area contributed by atoms with Gasteiger partial charge >= 0.3 is 6.09 Å². The highest BCUT2D eigenvalue weighted by Crippen LogP contribution is 2.37. The van der Waals surface area contributed by atoms with E-state index in [1.54, 1.807) is 11.1 Å². The van der Waals surface area contributed by atoms with Crippen LogP contribution in [0.25, 0.3) is 5.69 Å². The molecule has 1 amide bonds. The van der Waals surface area contributed by atoms with E-state index in [2.05, 4.69) is 20.7 Å². The first-order valence-electron chi connectivity index (χ1n) is 13.5. The Hall–Kier alpha value is -3.13. The number of halogens is 1. The van der Waals surface area contributed by atoms with Crippen LogP contribution >= 0.6 is 11.6 Å². The van der Waals surface area contributed by atoms with Gasteiger partial charge in [-0.05, 0) is 89.6 Å². The zero-order valence-electron chi connectivity index (χ0n) is 22.6. The van der Waals surface area contributed by atoms with Gasteiger partial charge in [-0.1, -0.05) is 17.7 Å². The van der Waals surface area contributed by atoms with E-state index in [1.807, 2.05) is 58.0 Å². The van der Waals surface area contributed by atoms with Gasteiger partial charge in [-0.2, -0.15) is 0 Å². The van der Waals surface area contributed by atoms with E-state index >= 15 is 0 Å². The van der Waals surface area contributed by atoms with Gasteiger partial charge in [-0.15, -0.1) is 10.2 Å². The van der Waals surface area contributed by atoms with Gasteiger partial charge in [0.05, 0.1) is 5.69 Å². The van der Waals surface area contributed by atoms with Crippen molar-refractivity contribution in [3.05, 3.63) is 64.8 Å². The lowest BCUT2D eigenvalue weighted by molar-refractivity contribution is 0.0172. The SMILES string of the molecule is CCN(C(=O)OC(C)(C)C)[C@@H]1Cc2cc(Cl)ccc2-n2c(nnc2C2CCC(Oc3ccccn3)CC2)C1. The van der Waals surface area contributed by atoms with Crippen LogP contribution in [0.2, 0.25) is 5.02 Å². The summed E-state index contributed by atoms with van der Waals surface area (Å²) in [5.74, 6) is 2.78. The normalized spacial score (nSPS) is 21.1. The zero-order valence-corrected chi connectivity index (χ0v) is 23.3. The van der Waals surface area contributed by atoms with Crippen molar-refractivity contribution in [3.63, 3.8) is 0 Å². The molecule has 0 radical (unpaired) electrons. The minimum absolute atomic E-state index is 0.118. The monoisotopic (exact) mass is 537 g/mol. The van der Waals surface area contributed by atoms with Crippen molar-refractivity contribution in [2.75, 3.05) is 6.54 Å². The molecule has 38 heavy (non-hydrogen) atoms. The summed E-state index contributed by atoms with van der Waals surface area (Å²) in [6.45, 7) is 8.19. The Morgan fingerprint density at radius 3 is 2.58 bits per heavy atom. The molecular weight excluding hydrogens is 502 g/mol. The molecule has 2 aliphatic rings. The van der Waals surface area contributed by atoms with Crippen LogP contribution in [0.3, 0.4) is 0 Å². The van der Waals surface area contributed by atoms with Crippen molar-refractivity contribution < 1.29 is 14.3 Å². The summed E-state index contributed by atoms with van der Waals surface area (Å²) < 4.78 is 14.1. The van der Waals surface area contributed by atoms with E-state index in [0.29, 0.717) is 30.3 Å². The number of benzene rings is 1. The molecule has 9 heteroatoms. The summed E-state index contributed by atoms with van der Waals surface area (Å²) in [7, 11) is 0. The number of carbonyl (C=O) groups excluding carboxylic acids is 1. The molecule has 8 nitrogen and oxygen atoms in total. The van der Waals surface area contributed by atoms with Crippen molar-refractivity contribution in [2.24, 2.45) is 0 Å². The number of fused-ring (bicyclic) bond motifs is 3. The number of likely N-dealkylation sites (N-methyl/N-ethyl adjacent to an activating group) is 1. The number of amides is 1. The first-order chi connectivity index (χ1) is 18.2. The maximum Gasteiger partial charge on any atom is 0.410 e. The van der Waals surface area contributed by atoms with Crippen molar-refractivity contribution in [1.82, 2.24) is 24.6 Å². The molecule has 202 valence electrons. The van der Waals surface area contributed by atoms with Crippen LogP contribution < -0.4 is 4.74 Å². The fraction of sp³-hybridized carbons (Fsp3) is 0.517. The third-order valence-corrected chi connectivity index (χ3v) is 7.52. The molecule has 1 saturated carbocycles. The van der Waals surface area contributed by atoms with Crippen LogP contribution in [-0.2, 0) is 17.6 Å². The molecular formula is C29H36ClN5O3. The molecule has 0 saturated heterocycles. The molecule has 3 heterocycles. The van der Waals surface area contributed by atoms with Gasteiger partial charge < -0.3 is 14.4 Å².